The molecule has 0 bridgehead atoms. The van der Waals surface area contributed by atoms with E-state index in [1.54, 1.807) is 0 Å². The van der Waals surface area contributed by atoms with E-state index in [1.807, 2.05) is 0 Å². The number of rotatable bonds is 6. The van der Waals surface area contributed by atoms with Crippen LogP contribution < -0.4 is 4.90 Å². The van der Waals surface area contributed by atoms with E-state index in [1.165, 1.54) is 60.8 Å². The lowest BCUT2D eigenvalue weighted by atomic mass is 9.70. The summed E-state index contributed by atoms with van der Waals surface area (Å²) in [7, 11) is 0. The fraction of sp³-hybridized carbons (Fsp3) is 0.0145. The molecule has 344 valence electrons. The molecule has 74 heavy (non-hydrogen) atoms. The third kappa shape index (κ3) is 5.58. The first-order valence-corrected chi connectivity index (χ1v) is 25.4. The maximum atomic E-state index is 5.49. The van der Waals surface area contributed by atoms with Crippen LogP contribution in [-0.2, 0) is 5.41 Å². The number of hydrogen-bond acceptors (Lipinski definition) is 3. The van der Waals surface area contributed by atoms with E-state index in [-0.39, 0.29) is 0 Å². The molecule has 3 heterocycles. The Hall–Kier alpha value is -9.84. The second-order valence-corrected chi connectivity index (χ2v) is 19.6. The van der Waals surface area contributed by atoms with Gasteiger partial charge in [0.2, 0.25) is 5.95 Å². The summed E-state index contributed by atoms with van der Waals surface area (Å²) in [6, 6.07) is 95.3. The van der Waals surface area contributed by atoms with Crippen molar-refractivity contribution in [3.8, 4) is 45.1 Å². The van der Waals surface area contributed by atoms with Crippen LogP contribution in [0.1, 0.15) is 22.3 Å². The zero-order chi connectivity index (χ0) is 48.5. The normalized spacial score (nSPS) is 13.0. The highest BCUT2D eigenvalue weighted by Gasteiger charge is 2.53. The molecule has 0 saturated carbocycles. The fourth-order valence-electron chi connectivity index (χ4n) is 13.0. The van der Waals surface area contributed by atoms with E-state index < -0.39 is 5.41 Å². The molecule has 3 aromatic heterocycles. The van der Waals surface area contributed by atoms with Crippen molar-refractivity contribution in [1.82, 2.24) is 19.1 Å². The minimum Gasteiger partial charge on any atom is -0.310 e. The quantitative estimate of drug-likeness (QED) is 0.167. The molecule has 0 atom stereocenters. The van der Waals surface area contributed by atoms with Crippen molar-refractivity contribution in [2.45, 2.75) is 5.41 Å². The van der Waals surface area contributed by atoms with E-state index in [4.69, 9.17) is 9.97 Å². The van der Waals surface area contributed by atoms with Gasteiger partial charge < -0.3 is 9.47 Å². The second-order valence-electron chi connectivity index (χ2n) is 19.6. The fourth-order valence-corrected chi connectivity index (χ4v) is 13.0. The first-order chi connectivity index (χ1) is 36.7. The van der Waals surface area contributed by atoms with Gasteiger partial charge in [-0.05, 0) is 99.6 Å². The summed E-state index contributed by atoms with van der Waals surface area (Å²) in [6.07, 6.45) is 0. The van der Waals surface area contributed by atoms with Gasteiger partial charge in [0, 0.05) is 55.1 Å². The Kier molecular flexibility index (Phi) is 8.60. The maximum absolute atomic E-state index is 5.49. The largest absolute Gasteiger partial charge is 0.310 e. The summed E-state index contributed by atoms with van der Waals surface area (Å²) < 4.78 is 4.70. The lowest BCUT2D eigenvalue weighted by molar-refractivity contribution is 0.793. The predicted molar refractivity (Wildman–Crippen MR) is 305 cm³/mol. The topological polar surface area (TPSA) is 38.9 Å². The summed E-state index contributed by atoms with van der Waals surface area (Å²) in [6.45, 7) is 0. The number of anilines is 3. The lowest BCUT2D eigenvalue weighted by Crippen LogP contribution is -2.28. The molecule has 5 heteroatoms. The van der Waals surface area contributed by atoms with Gasteiger partial charge in [-0.1, -0.05) is 200 Å². The van der Waals surface area contributed by atoms with Gasteiger partial charge >= 0.3 is 0 Å². The van der Waals surface area contributed by atoms with E-state index >= 15 is 0 Å². The Balaban J connectivity index is 1.02. The van der Waals surface area contributed by atoms with Crippen molar-refractivity contribution in [3.05, 3.63) is 283 Å². The van der Waals surface area contributed by atoms with Gasteiger partial charge in [0.15, 0.2) is 0 Å². The number of hydrogen-bond donors (Lipinski definition) is 0. The van der Waals surface area contributed by atoms with Crippen molar-refractivity contribution in [2.24, 2.45) is 0 Å². The Morgan fingerprint density at radius 1 is 0.338 bits per heavy atom. The summed E-state index contributed by atoms with van der Waals surface area (Å²) >= 11 is 0. The molecule has 0 aliphatic heterocycles. The zero-order valence-corrected chi connectivity index (χ0v) is 40.1. The Labute approximate surface area is 427 Å². The van der Waals surface area contributed by atoms with Gasteiger partial charge in [-0.25, -0.2) is 9.97 Å². The Morgan fingerprint density at radius 3 is 1.45 bits per heavy atom. The third-order valence-corrected chi connectivity index (χ3v) is 15.9. The average molecular weight is 942 g/mol. The van der Waals surface area contributed by atoms with Crippen LogP contribution in [0.3, 0.4) is 0 Å². The van der Waals surface area contributed by atoms with Crippen LogP contribution in [0.2, 0.25) is 0 Å². The van der Waals surface area contributed by atoms with Crippen molar-refractivity contribution in [1.29, 1.82) is 0 Å². The monoisotopic (exact) mass is 941 g/mol. The highest BCUT2D eigenvalue weighted by molar-refractivity contribution is 6.13. The molecular weight excluding hydrogens is 899 g/mol. The van der Waals surface area contributed by atoms with Crippen molar-refractivity contribution in [2.75, 3.05) is 4.90 Å². The first-order valence-electron chi connectivity index (χ1n) is 25.4. The minimum absolute atomic E-state index is 0.594. The highest BCUT2D eigenvalue weighted by Crippen LogP contribution is 2.65. The van der Waals surface area contributed by atoms with Gasteiger partial charge in [-0.15, -0.1) is 0 Å². The molecule has 14 aromatic rings. The van der Waals surface area contributed by atoms with Gasteiger partial charge in [0.25, 0.3) is 0 Å². The standard InChI is InChI=1S/C69H43N5/c1-3-20-44(21-4-1)67-56-29-10-16-34-60(56)70-68(71-67)74-62-36-18-12-28-52(62)54-41-39-47(43-65(54)74)72(46-38-40-53-51-27-11-17-35-61(51)73(64(53)42-46)45-22-5-2-6-23-45)63-37-19-30-55-50-26-9-15-33-59(50)69(66(55)63)57-31-13-7-24-48(57)49-25-8-14-32-58(49)69/h1-43H. The zero-order valence-electron chi connectivity index (χ0n) is 40.1. The molecule has 0 amide bonds. The third-order valence-electron chi connectivity index (χ3n) is 15.9. The smallest absolute Gasteiger partial charge is 0.235 e. The van der Waals surface area contributed by atoms with E-state index in [9.17, 15) is 0 Å². The summed E-state index contributed by atoms with van der Waals surface area (Å²) in [5.74, 6) is 0.625. The Bertz CT molecular complexity index is 4560. The van der Waals surface area contributed by atoms with Crippen LogP contribution in [0, 0.1) is 0 Å². The van der Waals surface area contributed by atoms with Crippen LogP contribution in [0.4, 0.5) is 17.1 Å². The molecule has 11 aromatic carbocycles. The Morgan fingerprint density at radius 2 is 0.811 bits per heavy atom. The number of para-hydroxylation sites is 4. The van der Waals surface area contributed by atoms with Crippen LogP contribution in [0.25, 0.3) is 99.7 Å². The number of nitrogens with zero attached hydrogens (tertiary/aromatic N) is 5. The van der Waals surface area contributed by atoms with E-state index in [2.05, 4.69) is 275 Å². The summed E-state index contributed by atoms with van der Waals surface area (Å²) in [5.41, 5.74) is 21.1. The number of aromatic nitrogens is 4. The van der Waals surface area contributed by atoms with Crippen LogP contribution in [0.15, 0.2) is 261 Å². The minimum atomic E-state index is -0.594. The van der Waals surface area contributed by atoms with Gasteiger partial charge in [-0.3, -0.25) is 4.57 Å². The van der Waals surface area contributed by atoms with Crippen LogP contribution in [0.5, 0.6) is 0 Å². The molecule has 16 rings (SSSR count). The molecule has 0 unspecified atom stereocenters. The van der Waals surface area contributed by atoms with Crippen LogP contribution >= 0.6 is 0 Å². The number of benzene rings is 11. The molecule has 0 saturated heterocycles. The maximum Gasteiger partial charge on any atom is 0.235 e. The first kappa shape index (κ1) is 40.8. The SMILES string of the molecule is c1ccc(-c2nc(-n3c4ccccc4c4ccc(N(c5ccc6c7ccccc7n(-c7ccccc7)c6c5)c5cccc6c5C5(c7ccccc7-c7ccccc75)c5ccccc5-6)cc43)nc3ccccc23)cc1. The lowest BCUT2D eigenvalue weighted by Gasteiger charge is -2.36. The van der Waals surface area contributed by atoms with Gasteiger partial charge in [0.05, 0.1) is 44.4 Å². The molecule has 0 fully saturated rings. The van der Waals surface area contributed by atoms with Gasteiger partial charge in [0.1, 0.15) is 0 Å². The molecule has 2 aliphatic rings. The number of fused-ring (bicyclic) bond motifs is 17. The van der Waals surface area contributed by atoms with Crippen molar-refractivity contribution in [3.63, 3.8) is 0 Å². The second kappa shape index (κ2) is 15.6. The molecule has 1 spiro atoms. The molecular formula is C69H43N5. The average Bonchev–Trinajstić information content (AvgIpc) is 4.18. The molecule has 0 N–H and O–H groups in total. The van der Waals surface area contributed by atoms with Crippen molar-refractivity contribution >= 4 is 71.6 Å². The van der Waals surface area contributed by atoms with Crippen molar-refractivity contribution < 1.29 is 0 Å². The summed E-state index contributed by atoms with van der Waals surface area (Å²) in [4.78, 5) is 13.4. The van der Waals surface area contributed by atoms with E-state index in [0.717, 1.165) is 72.2 Å². The highest BCUT2D eigenvalue weighted by atomic mass is 15.2. The molecule has 5 nitrogen and oxygen atoms in total. The van der Waals surface area contributed by atoms with Gasteiger partial charge in [-0.2, -0.15) is 0 Å². The van der Waals surface area contributed by atoms with E-state index in [0.29, 0.717) is 5.95 Å². The molecule has 0 radical (unpaired) electrons. The summed E-state index contributed by atoms with van der Waals surface area (Å²) in [5, 5.41) is 5.70. The van der Waals surface area contributed by atoms with Crippen LogP contribution in [-0.4, -0.2) is 19.1 Å². The molecule has 2 aliphatic carbocycles. The predicted octanol–water partition coefficient (Wildman–Crippen LogP) is 17.3.